The second-order valence-corrected chi connectivity index (χ2v) is 6.68. The van der Waals surface area contributed by atoms with E-state index in [2.05, 4.69) is 70.4 Å². The minimum Gasteiger partial charge on any atom is -0.356 e. The van der Waals surface area contributed by atoms with Crippen LogP contribution in [-0.4, -0.2) is 35.9 Å². The van der Waals surface area contributed by atoms with E-state index in [4.69, 9.17) is 0 Å². The highest BCUT2D eigenvalue weighted by Gasteiger charge is 2.02. The molecular formula is C20H32IN5. The van der Waals surface area contributed by atoms with E-state index in [1.807, 2.05) is 14.0 Å². The molecule has 1 heterocycles. The second kappa shape index (κ2) is 11.2. The molecule has 0 aliphatic rings. The van der Waals surface area contributed by atoms with Crippen molar-refractivity contribution in [2.24, 2.45) is 4.99 Å². The summed E-state index contributed by atoms with van der Waals surface area (Å²) in [6, 6.07) is 8.82. The topological polar surface area (TPSA) is 54.2 Å². The Morgan fingerprint density at radius 2 is 1.65 bits per heavy atom. The zero-order valence-corrected chi connectivity index (χ0v) is 18.9. The zero-order chi connectivity index (χ0) is 18.2. The molecule has 0 unspecified atom stereocenters. The summed E-state index contributed by atoms with van der Waals surface area (Å²) in [6.45, 7) is 11.1. The molecule has 0 spiro atoms. The van der Waals surface area contributed by atoms with E-state index < -0.39 is 0 Å². The van der Waals surface area contributed by atoms with Crippen LogP contribution < -0.4 is 10.6 Å². The lowest BCUT2D eigenvalue weighted by Crippen LogP contribution is -2.39. The molecule has 0 amide bonds. The van der Waals surface area contributed by atoms with Crippen LogP contribution in [0.2, 0.25) is 0 Å². The van der Waals surface area contributed by atoms with Crippen LogP contribution >= 0.6 is 24.0 Å². The summed E-state index contributed by atoms with van der Waals surface area (Å²) in [4.78, 5) is 4.29. The van der Waals surface area contributed by atoms with Gasteiger partial charge in [0.1, 0.15) is 0 Å². The molecule has 1 aromatic heterocycles. The van der Waals surface area contributed by atoms with Crippen molar-refractivity contribution in [1.29, 1.82) is 0 Å². The zero-order valence-electron chi connectivity index (χ0n) is 16.6. The maximum Gasteiger partial charge on any atom is 0.190 e. The van der Waals surface area contributed by atoms with Gasteiger partial charge in [-0.25, -0.2) is 0 Å². The molecule has 0 radical (unpaired) electrons. The van der Waals surface area contributed by atoms with Gasteiger partial charge in [0.25, 0.3) is 0 Å². The first-order valence-electron chi connectivity index (χ1n) is 9.00. The van der Waals surface area contributed by atoms with Crippen molar-refractivity contribution in [2.45, 2.75) is 47.1 Å². The summed E-state index contributed by atoms with van der Waals surface area (Å²) in [5, 5.41) is 11.2. The second-order valence-electron chi connectivity index (χ2n) is 6.68. The first-order valence-corrected chi connectivity index (χ1v) is 9.00. The third-order valence-corrected chi connectivity index (χ3v) is 4.15. The Hall–Kier alpha value is -1.57. The molecule has 6 heteroatoms. The van der Waals surface area contributed by atoms with Crippen molar-refractivity contribution >= 4 is 29.9 Å². The smallest absolute Gasteiger partial charge is 0.190 e. The van der Waals surface area contributed by atoms with Crippen LogP contribution in [0.5, 0.6) is 0 Å². The first-order chi connectivity index (χ1) is 12.0. The minimum absolute atomic E-state index is 0. The fraction of sp³-hybridized carbons (Fsp3) is 0.500. The molecule has 0 atom stereocenters. The maximum absolute atomic E-state index is 4.49. The van der Waals surface area contributed by atoms with Gasteiger partial charge in [0, 0.05) is 32.4 Å². The molecule has 0 bridgehead atoms. The Morgan fingerprint density at radius 3 is 2.23 bits per heavy atom. The minimum atomic E-state index is 0. The van der Waals surface area contributed by atoms with E-state index in [1.165, 1.54) is 22.4 Å². The Bertz CT molecular complexity index is 701. The molecule has 0 saturated heterocycles. The molecule has 0 saturated carbocycles. The predicted molar refractivity (Wildman–Crippen MR) is 121 cm³/mol. The molecule has 26 heavy (non-hydrogen) atoms. The summed E-state index contributed by atoms with van der Waals surface area (Å²) in [5.74, 6) is 0.859. The number of nitrogens with zero attached hydrogens (tertiary/aromatic N) is 3. The summed E-state index contributed by atoms with van der Waals surface area (Å²) in [5.41, 5.74) is 6.30. The Kier molecular flexibility index (Phi) is 9.69. The van der Waals surface area contributed by atoms with Crippen molar-refractivity contribution in [3.8, 4) is 0 Å². The molecule has 2 aromatic rings. The molecule has 1 aromatic carbocycles. The van der Waals surface area contributed by atoms with Gasteiger partial charge in [-0.3, -0.25) is 9.67 Å². The van der Waals surface area contributed by atoms with Gasteiger partial charge < -0.3 is 10.6 Å². The van der Waals surface area contributed by atoms with Crippen molar-refractivity contribution in [3.63, 3.8) is 0 Å². The van der Waals surface area contributed by atoms with Crippen molar-refractivity contribution in [3.05, 3.63) is 52.3 Å². The van der Waals surface area contributed by atoms with Crippen LogP contribution in [0.15, 0.2) is 29.3 Å². The number of guanidine groups is 1. The van der Waals surface area contributed by atoms with E-state index in [-0.39, 0.29) is 24.0 Å². The molecule has 0 aliphatic heterocycles. The molecule has 2 rings (SSSR count). The molecule has 2 N–H and O–H groups in total. The fourth-order valence-electron chi connectivity index (χ4n) is 3.10. The standard InChI is InChI=1S/C20H31N5.HI/c1-15-11-16(2)13-19(12-15)7-9-23-20(21-5)22-8-6-10-25-18(4)14-17(3)24-25;/h11-14H,6-10H2,1-5H3,(H2,21,22,23);1H. The number of aromatic nitrogens is 2. The Balaban J connectivity index is 0.00000338. The highest BCUT2D eigenvalue weighted by atomic mass is 127. The van der Waals surface area contributed by atoms with Gasteiger partial charge in [-0.05, 0) is 52.2 Å². The monoisotopic (exact) mass is 469 g/mol. The summed E-state index contributed by atoms with van der Waals surface area (Å²) < 4.78 is 2.06. The van der Waals surface area contributed by atoms with Crippen molar-refractivity contribution in [1.82, 2.24) is 20.4 Å². The van der Waals surface area contributed by atoms with E-state index in [0.29, 0.717) is 0 Å². The fourth-order valence-corrected chi connectivity index (χ4v) is 3.10. The van der Waals surface area contributed by atoms with Crippen molar-refractivity contribution in [2.75, 3.05) is 20.1 Å². The maximum atomic E-state index is 4.49. The van der Waals surface area contributed by atoms with Crippen LogP contribution in [0.25, 0.3) is 0 Å². The van der Waals surface area contributed by atoms with Crippen LogP contribution in [-0.2, 0) is 13.0 Å². The lowest BCUT2D eigenvalue weighted by Gasteiger charge is -2.12. The van der Waals surface area contributed by atoms with Gasteiger partial charge >= 0.3 is 0 Å². The molecule has 144 valence electrons. The average molecular weight is 469 g/mol. The molecule has 0 fully saturated rings. The number of halogens is 1. The van der Waals surface area contributed by atoms with E-state index in [1.54, 1.807) is 0 Å². The molecular weight excluding hydrogens is 437 g/mol. The normalized spacial score (nSPS) is 11.2. The first kappa shape index (κ1) is 22.5. The summed E-state index contributed by atoms with van der Waals surface area (Å²) >= 11 is 0. The predicted octanol–water partition coefficient (Wildman–Crippen LogP) is 3.53. The van der Waals surface area contributed by atoms with E-state index in [0.717, 1.165) is 44.1 Å². The van der Waals surface area contributed by atoms with Crippen LogP contribution in [0, 0.1) is 27.7 Å². The van der Waals surface area contributed by atoms with E-state index in [9.17, 15) is 0 Å². The lowest BCUT2D eigenvalue weighted by molar-refractivity contribution is 0.555. The molecule has 0 aliphatic carbocycles. The highest BCUT2D eigenvalue weighted by Crippen LogP contribution is 2.09. The highest BCUT2D eigenvalue weighted by molar-refractivity contribution is 14.0. The number of nitrogens with one attached hydrogen (secondary N) is 2. The van der Waals surface area contributed by atoms with Gasteiger partial charge in [-0.1, -0.05) is 29.3 Å². The number of rotatable bonds is 7. The van der Waals surface area contributed by atoms with Gasteiger partial charge in [-0.15, -0.1) is 24.0 Å². The number of hydrogen-bond donors (Lipinski definition) is 2. The number of aliphatic imine (C=N–C) groups is 1. The molecule has 5 nitrogen and oxygen atoms in total. The average Bonchev–Trinajstić information content (AvgIpc) is 2.86. The largest absolute Gasteiger partial charge is 0.356 e. The summed E-state index contributed by atoms with van der Waals surface area (Å²) in [6.07, 6.45) is 2.01. The van der Waals surface area contributed by atoms with E-state index >= 15 is 0 Å². The quantitative estimate of drug-likeness (QED) is 0.282. The Labute approximate surface area is 174 Å². The van der Waals surface area contributed by atoms with Gasteiger partial charge in [0.15, 0.2) is 5.96 Å². The van der Waals surface area contributed by atoms with Gasteiger partial charge in [0.05, 0.1) is 5.69 Å². The van der Waals surface area contributed by atoms with Crippen LogP contribution in [0.4, 0.5) is 0 Å². The van der Waals surface area contributed by atoms with Crippen molar-refractivity contribution < 1.29 is 0 Å². The SMILES string of the molecule is CN=C(NCCCn1nc(C)cc1C)NCCc1cc(C)cc(C)c1.I. The summed E-state index contributed by atoms with van der Waals surface area (Å²) in [7, 11) is 1.81. The van der Waals surface area contributed by atoms with Gasteiger partial charge in [-0.2, -0.15) is 5.10 Å². The van der Waals surface area contributed by atoms with Crippen LogP contribution in [0.1, 0.15) is 34.5 Å². The number of aryl methyl sites for hydroxylation is 5. The lowest BCUT2D eigenvalue weighted by atomic mass is 10.1. The Morgan fingerprint density at radius 1 is 1.00 bits per heavy atom. The van der Waals surface area contributed by atoms with Gasteiger partial charge in [0.2, 0.25) is 0 Å². The number of benzene rings is 1. The third kappa shape index (κ3) is 7.35. The number of hydrogen-bond acceptors (Lipinski definition) is 2. The van der Waals surface area contributed by atoms with Crippen LogP contribution in [0.3, 0.4) is 0 Å². The third-order valence-electron chi connectivity index (χ3n) is 4.15.